The molecule has 0 aliphatic rings. The Balaban J connectivity index is 1.98. The van der Waals surface area contributed by atoms with E-state index in [0.717, 1.165) is 11.1 Å². The third-order valence-electron chi connectivity index (χ3n) is 6.72. The lowest BCUT2D eigenvalue weighted by atomic mass is 9.95. The van der Waals surface area contributed by atoms with Crippen molar-refractivity contribution in [3.8, 4) is 5.69 Å². The van der Waals surface area contributed by atoms with Crippen LogP contribution in [0.25, 0.3) is 5.69 Å². The number of nitrogens with zero attached hydrogens (tertiary/aromatic N) is 3. The normalized spacial score (nSPS) is 13.8. The van der Waals surface area contributed by atoms with Crippen molar-refractivity contribution < 1.29 is 29.3 Å². The summed E-state index contributed by atoms with van der Waals surface area (Å²) in [7, 11) is 1.73. The molecule has 1 amide bonds. The smallest absolute Gasteiger partial charge is 0.305 e. The average Bonchev–Trinajstić information content (AvgIpc) is 3.26. The van der Waals surface area contributed by atoms with Gasteiger partial charge in [-0.25, -0.2) is 9.07 Å². The zero-order valence-corrected chi connectivity index (χ0v) is 22.2. The second-order valence-corrected chi connectivity index (χ2v) is 9.93. The summed E-state index contributed by atoms with van der Waals surface area (Å²) in [6.45, 7) is 5.86. The molecule has 9 heteroatoms. The number of hydrogen-bond donors (Lipinski definition) is 3. The number of rotatable bonds is 12. The summed E-state index contributed by atoms with van der Waals surface area (Å²) in [4.78, 5) is 26.3. The van der Waals surface area contributed by atoms with Gasteiger partial charge in [-0.05, 0) is 61.9 Å². The minimum absolute atomic E-state index is 0.0862. The Labute approximate surface area is 222 Å². The first-order valence-electron chi connectivity index (χ1n) is 12.8. The van der Waals surface area contributed by atoms with Crippen LogP contribution >= 0.6 is 0 Å². The monoisotopic (exact) mass is 525 g/mol. The van der Waals surface area contributed by atoms with Crippen LogP contribution in [-0.2, 0) is 11.2 Å². The van der Waals surface area contributed by atoms with Crippen molar-refractivity contribution in [3.63, 3.8) is 0 Å². The van der Waals surface area contributed by atoms with E-state index < -0.39 is 30.4 Å². The molecule has 8 nitrogen and oxygen atoms in total. The van der Waals surface area contributed by atoms with Gasteiger partial charge in [0.15, 0.2) is 5.69 Å². The molecule has 3 aromatic rings. The summed E-state index contributed by atoms with van der Waals surface area (Å²) in [5, 5.41) is 34.0. The van der Waals surface area contributed by atoms with Gasteiger partial charge in [0.05, 0.1) is 30.4 Å². The fraction of sp³-hybridized carbons (Fsp3) is 0.414. The number of aliphatic carboxylic acids is 1. The molecule has 0 unspecified atom stereocenters. The Morgan fingerprint density at radius 3 is 2.21 bits per heavy atom. The molecule has 0 bridgehead atoms. The summed E-state index contributed by atoms with van der Waals surface area (Å²) >= 11 is 0. The van der Waals surface area contributed by atoms with Gasteiger partial charge in [0.2, 0.25) is 0 Å². The van der Waals surface area contributed by atoms with Gasteiger partial charge < -0.3 is 20.2 Å². The third kappa shape index (κ3) is 7.05. The maximum atomic E-state index is 13.8. The molecule has 0 spiro atoms. The number of aliphatic hydroxyl groups excluding tert-OH is 2. The molecule has 204 valence electrons. The lowest BCUT2D eigenvalue weighted by Crippen LogP contribution is -2.31. The maximum Gasteiger partial charge on any atom is 0.305 e. The van der Waals surface area contributed by atoms with Gasteiger partial charge in [-0.3, -0.25) is 9.59 Å². The number of carboxylic acid groups (broad SMARTS) is 1. The lowest BCUT2D eigenvalue weighted by molar-refractivity contribution is -0.139. The van der Waals surface area contributed by atoms with Crippen LogP contribution in [0.2, 0.25) is 0 Å². The number of benzene rings is 2. The second-order valence-electron chi connectivity index (χ2n) is 9.93. The Morgan fingerprint density at radius 2 is 1.63 bits per heavy atom. The minimum atomic E-state index is -1.17. The van der Waals surface area contributed by atoms with Crippen LogP contribution in [-0.4, -0.2) is 61.1 Å². The van der Waals surface area contributed by atoms with E-state index >= 15 is 0 Å². The average molecular weight is 526 g/mol. The zero-order valence-electron chi connectivity index (χ0n) is 22.2. The topological polar surface area (TPSA) is 116 Å². The molecule has 2 aromatic carbocycles. The predicted octanol–water partition coefficient (Wildman–Crippen LogP) is 4.49. The molecule has 3 rings (SSSR count). The summed E-state index contributed by atoms with van der Waals surface area (Å²) < 4.78 is 15.3. The van der Waals surface area contributed by atoms with E-state index in [4.69, 9.17) is 10.2 Å². The van der Waals surface area contributed by atoms with Crippen molar-refractivity contribution in [1.29, 1.82) is 0 Å². The first-order chi connectivity index (χ1) is 18.0. The van der Waals surface area contributed by atoms with E-state index in [-0.39, 0.29) is 36.4 Å². The van der Waals surface area contributed by atoms with E-state index in [1.807, 2.05) is 51.1 Å². The lowest BCUT2D eigenvalue weighted by Gasteiger charge is -2.25. The number of aromatic nitrogens is 2. The highest BCUT2D eigenvalue weighted by molar-refractivity contribution is 5.94. The van der Waals surface area contributed by atoms with Crippen LogP contribution in [0.5, 0.6) is 0 Å². The van der Waals surface area contributed by atoms with E-state index in [1.165, 1.54) is 12.1 Å². The number of carboxylic acids is 1. The second kappa shape index (κ2) is 12.8. The van der Waals surface area contributed by atoms with Gasteiger partial charge in [-0.2, -0.15) is 5.10 Å². The molecule has 3 N–H and O–H groups in total. The molecule has 0 fully saturated rings. The van der Waals surface area contributed by atoms with Crippen molar-refractivity contribution in [3.05, 3.63) is 82.9 Å². The molecule has 0 aliphatic carbocycles. The molecular weight excluding hydrogens is 489 g/mol. The van der Waals surface area contributed by atoms with Gasteiger partial charge >= 0.3 is 5.97 Å². The van der Waals surface area contributed by atoms with E-state index in [1.54, 1.807) is 28.8 Å². The van der Waals surface area contributed by atoms with Crippen LogP contribution < -0.4 is 0 Å². The number of carbonyl (C=O) groups excluding carboxylic acids is 1. The largest absolute Gasteiger partial charge is 0.481 e. The van der Waals surface area contributed by atoms with Crippen LogP contribution in [0.3, 0.4) is 0 Å². The molecule has 1 aromatic heterocycles. The van der Waals surface area contributed by atoms with E-state index in [0.29, 0.717) is 17.8 Å². The fourth-order valence-electron chi connectivity index (χ4n) is 4.58. The van der Waals surface area contributed by atoms with Crippen molar-refractivity contribution >= 4 is 11.9 Å². The fourth-order valence-corrected chi connectivity index (χ4v) is 4.58. The highest BCUT2D eigenvalue weighted by Crippen LogP contribution is 2.30. The minimum Gasteiger partial charge on any atom is -0.481 e. The van der Waals surface area contributed by atoms with Crippen molar-refractivity contribution in [2.24, 2.45) is 0 Å². The maximum absolute atomic E-state index is 13.8. The number of halogens is 1. The van der Waals surface area contributed by atoms with Crippen molar-refractivity contribution in [2.45, 2.75) is 70.6 Å². The highest BCUT2D eigenvalue weighted by atomic mass is 19.1. The first-order valence-corrected chi connectivity index (χ1v) is 12.8. The third-order valence-corrected chi connectivity index (χ3v) is 6.72. The molecule has 3 atom stereocenters. The first kappa shape index (κ1) is 29.0. The number of hydrogen-bond acceptors (Lipinski definition) is 5. The molecule has 0 radical (unpaired) electrons. The summed E-state index contributed by atoms with van der Waals surface area (Å²) in [5.74, 6) is -1.89. The predicted molar refractivity (Wildman–Crippen MR) is 142 cm³/mol. The van der Waals surface area contributed by atoms with Gasteiger partial charge in [0, 0.05) is 18.3 Å². The summed E-state index contributed by atoms with van der Waals surface area (Å²) in [6, 6.07) is 15.3. The van der Waals surface area contributed by atoms with Crippen molar-refractivity contribution in [2.75, 3.05) is 7.05 Å². The standard InChI is InChI=1S/C29H36FN3O5/c1-18(2)27-25(15-14-23(34)16-24(35)17-26(36)37)33(22-12-10-21(30)11-13-22)31-28(27)29(38)32(4)19(3)20-8-6-5-7-9-20/h5-13,18-19,23-24,34-35H,14-17H2,1-4H3,(H,36,37)/t19-,23-,24-/m1/s1. The van der Waals surface area contributed by atoms with Gasteiger partial charge in [0.25, 0.3) is 5.91 Å². The molecule has 38 heavy (non-hydrogen) atoms. The Morgan fingerprint density at radius 1 is 1.00 bits per heavy atom. The molecule has 0 saturated heterocycles. The van der Waals surface area contributed by atoms with E-state index in [2.05, 4.69) is 0 Å². The quantitative estimate of drug-likeness (QED) is 0.321. The zero-order chi connectivity index (χ0) is 28.0. The van der Waals surface area contributed by atoms with Gasteiger partial charge in [-0.15, -0.1) is 0 Å². The highest BCUT2D eigenvalue weighted by Gasteiger charge is 2.30. The molecule has 0 saturated carbocycles. The molecule has 1 heterocycles. The molecule has 0 aliphatic heterocycles. The van der Waals surface area contributed by atoms with E-state index in [9.17, 15) is 24.2 Å². The van der Waals surface area contributed by atoms with Gasteiger partial charge in [0.1, 0.15) is 5.82 Å². The number of amides is 1. The van der Waals surface area contributed by atoms with Gasteiger partial charge in [-0.1, -0.05) is 44.2 Å². The van der Waals surface area contributed by atoms with Crippen LogP contribution in [0, 0.1) is 5.82 Å². The Bertz CT molecular complexity index is 1230. The van der Waals surface area contributed by atoms with Crippen LogP contribution in [0.4, 0.5) is 4.39 Å². The molecular formula is C29H36FN3O5. The van der Waals surface area contributed by atoms with Crippen LogP contribution in [0.1, 0.15) is 79.3 Å². The Kier molecular flexibility index (Phi) is 9.77. The number of aliphatic hydroxyl groups is 2. The Hall–Kier alpha value is -3.56. The number of carbonyl (C=O) groups is 2. The summed E-state index contributed by atoms with van der Waals surface area (Å²) in [6.07, 6.45) is -2.14. The van der Waals surface area contributed by atoms with Crippen molar-refractivity contribution in [1.82, 2.24) is 14.7 Å². The SMILES string of the molecule is CC(C)c1c(C(=O)N(C)[C@H](C)c2ccccc2)nn(-c2ccc(F)cc2)c1CC[C@@H](O)C[C@@H](O)CC(=O)O. The summed E-state index contributed by atoms with van der Waals surface area (Å²) in [5.41, 5.74) is 3.26. The van der Waals surface area contributed by atoms with Crippen LogP contribution in [0.15, 0.2) is 54.6 Å².